The molecule has 0 atom stereocenters. The Hall–Kier alpha value is -0.135. The summed E-state index contributed by atoms with van der Waals surface area (Å²) in [6.45, 7) is 7.44. The van der Waals surface area contributed by atoms with Gasteiger partial charge in [0.2, 0.25) is 0 Å². The van der Waals surface area contributed by atoms with Crippen molar-refractivity contribution < 1.29 is 4.39 Å². The van der Waals surface area contributed by atoms with Gasteiger partial charge in [0.25, 0.3) is 0 Å². The van der Waals surface area contributed by atoms with Crippen molar-refractivity contribution >= 4 is 13.4 Å². The van der Waals surface area contributed by atoms with Crippen LogP contribution < -0.4 is 0 Å². The first kappa shape index (κ1) is 5.86. The van der Waals surface area contributed by atoms with Crippen molar-refractivity contribution in [2.24, 2.45) is 0 Å². The molecule has 0 unspecified atom stereocenters. The van der Waals surface area contributed by atoms with Gasteiger partial charge in [-0.05, 0) is 0 Å². The zero-order valence-electron chi connectivity index (χ0n) is 4.16. The van der Waals surface area contributed by atoms with Gasteiger partial charge in [0.05, 0.1) is 0 Å². The maximum atomic E-state index is 12.0. The van der Waals surface area contributed by atoms with Crippen LogP contribution in [0.1, 0.15) is 13.8 Å². The van der Waals surface area contributed by atoms with E-state index in [-0.39, 0.29) is 0 Å². The monoisotopic (exact) mass is 86.1 g/mol. The second-order valence-electron chi connectivity index (χ2n) is 1.77. The van der Waals surface area contributed by atoms with Gasteiger partial charge in [0, 0.05) is 0 Å². The van der Waals surface area contributed by atoms with E-state index in [0.717, 1.165) is 0 Å². The van der Waals surface area contributed by atoms with E-state index >= 15 is 0 Å². The normalized spacial score (nSPS) is 10.5. The van der Waals surface area contributed by atoms with E-state index in [4.69, 9.17) is 0 Å². The molecular weight excluding hydrogens is 77.9 g/mol. The van der Waals surface area contributed by atoms with Gasteiger partial charge in [0.15, 0.2) is 0 Å². The summed E-state index contributed by atoms with van der Waals surface area (Å²) in [6.07, 6.45) is 0. The van der Waals surface area contributed by atoms with Crippen molar-refractivity contribution in [2.75, 3.05) is 0 Å². The molecule has 0 amide bonds. The Morgan fingerprint density at radius 1 is 1.67 bits per heavy atom. The summed E-state index contributed by atoms with van der Waals surface area (Å²) in [4.78, 5) is 0. The van der Waals surface area contributed by atoms with Gasteiger partial charge in [-0.2, -0.15) is 0 Å². The fraction of sp³-hybridized carbons (Fsp3) is 0.750. The van der Waals surface area contributed by atoms with E-state index in [1.807, 2.05) is 0 Å². The van der Waals surface area contributed by atoms with Gasteiger partial charge in [-0.25, -0.2) is 0 Å². The van der Waals surface area contributed by atoms with Crippen LogP contribution >= 0.6 is 0 Å². The zero-order valence-corrected chi connectivity index (χ0v) is 4.16. The summed E-state index contributed by atoms with van der Waals surface area (Å²) in [5, 5.41) is 0. The third-order valence-electron chi connectivity index (χ3n) is 0.485. The summed E-state index contributed by atoms with van der Waals surface area (Å²) < 4.78 is 12.0. The molecule has 0 bridgehead atoms. The van der Waals surface area contributed by atoms with Crippen LogP contribution in [0.15, 0.2) is 0 Å². The van der Waals surface area contributed by atoms with E-state index in [0.29, 0.717) is 0 Å². The summed E-state index contributed by atoms with van der Waals surface area (Å²) in [5.74, 6) is 0. The van der Waals surface area contributed by atoms with Crippen LogP contribution in [0.3, 0.4) is 0 Å². The van der Waals surface area contributed by atoms with E-state index in [1.54, 1.807) is 0 Å². The Labute approximate surface area is 38.3 Å². The second kappa shape index (κ2) is 1.54. The van der Waals surface area contributed by atoms with Crippen LogP contribution in [-0.4, -0.2) is 19.0 Å². The molecule has 0 aliphatic carbocycles. The van der Waals surface area contributed by atoms with Crippen molar-refractivity contribution in [1.82, 2.24) is 0 Å². The van der Waals surface area contributed by atoms with E-state index in [2.05, 4.69) is 6.47 Å². The van der Waals surface area contributed by atoms with Gasteiger partial charge >= 0.3 is 37.2 Å². The third-order valence-corrected chi connectivity index (χ3v) is 0.485. The molecule has 0 nitrogen and oxygen atoms in total. The molecule has 0 aromatic carbocycles. The standard InChI is InChI=1S/C4H8BF/c1-4(2,6)5-3/h3H2,1-2H3. The molecule has 0 saturated carbocycles. The molecule has 0 aromatic rings. The molecule has 6 heavy (non-hydrogen) atoms. The summed E-state index contributed by atoms with van der Waals surface area (Å²) in [6, 6.07) is 0. The Kier molecular flexibility index (Phi) is 1.51. The van der Waals surface area contributed by atoms with Crippen molar-refractivity contribution in [1.29, 1.82) is 0 Å². The molecule has 0 spiro atoms. The fourth-order valence-corrected chi connectivity index (χ4v) is 0. The second-order valence-corrected chi connectivity index (χ2v) is 1.77. The number of hydrogen-bond acceptors (Lipinski definition) is 0. The number of halogens is 1. The Morgan fingerprint density at radius 2 is 1.83 bits per heavy atom. The van der Waals surface area contributed by atoms with Gasteiger partial charge in [-0.3, -0.25) is 0 Å². The van der Waals surface area contributed by atoms with Crippen LogP contribution in [0.2, 0.25) is 0 Å². The third kappa shape index (κ3) is 3.86. The van der Waals surface area contributed by atoms with Gasteiger partial charge in [-0.1, -0.05) is 0 Å². The Balaban J connectivity index is 3.45. The van der Waals surface area contributed by atoms with Crippen molar-refractivity contribution in [3.8, 4) is 0 Å². The van der Waals surface area contributed by atoms with Crippen LogP contribution in [0.4, 0.5) is 4.39 Å². The topological polar surface area (TPSA) is 0 Å². The first-order valence-corrected chi connectivity index (χ1v) is 1.89. The number of hydrogen-bond donors (Lipinski definition) is 0. The molecule has 0 N–H and O–H groups in total. The first-order valence-electron chi connectivity index (χ1n) is 1.89. The average Bonchev–Trinajstić information content (AvgIpc) is 1.35. The van der Waals surface area contributed by atoms with E-state index in [1.165, 1.54) is 20.8 Å². The molecule has 0 aliphatic heterocycles. The Bertz CT molecular complexity index is 53.1. The van der Waals surface area contributed by atoms with Crippen molar-refractivity contribution in [2.45, 2.75) is 19.4 Å². The quantitative estimate of drug-likeness (QED) is 0.414. The summed E-state index contributed by atoms with van der Waals surface area (Å²) in [7, 11) is 0. The molecule has 0 heterocycles. The molecule has 0 aliphatic rings. The summed E-state index contributed by atoms with van der Waals surface area (Å²) in [5.41, 5.74) is -1.19. The minimum absolute atomic E-state index is 1.19. The first-order chi connectivity index (χ1) is 2.56. The van der Waals surface area contributed by atoms with Gasteiger partial charge < -0.3 is 0 Å². The molecule has 0 fully saturated rings. The number of rotatable bonds is 1. The Morgan fingerprint density at radius 3 is 1.83 bits per heavy atom. The molecule has 0 radical (unpaired) electrons. The van der Waals surface area contributed by atoms with Crippen LogP contribution in [-0.2, 0) is 0 Å². The summed E-state index contributed by atoms with van der Waals surface area (Å²) >= 11 is 0. The molecule has 0 aromatic heterocycles. The predicted molar refractivity (Wildman–Crippen MR) is 28.1 cm³/mol. The van der Waals surface area contributed by atoms with Crippen LogP contribution in [0.25, 0.3) is 0 Å². The molecule has 0 rings (SSSR count). The molecule has 0 saturated heterocycles. The van der Waals surface area contributed by atoms with Crippen LogP contribution in [0, 0.1) is 0 Å². The molecule has 2 heteroatoms. The van der Waals surface area contributed by atoms with Crippen molar-refractivity contribution in [3.05, 3.63) is 0 Å². The van der Waals surface area contributed by atoms with Gasteiger partial charge in [0.1, 0.15) is 0 Å². The minimum atomic E-state index is -1.19. The van der Waals surface area contributed by atoms with Crippen LogP contribution in [0.5, 0.6) is 0 Å². The zero-order chi connectivity index (χ0) is 5.21. The predicted octanol–water partition coefficient (Wildman–Crippen LogP) is 0.828. The van der Waals surface area contributed by atoms with Gasteiger partial charge in [-0.15, -0.1) is 0 Å². The van der Waals surface area contributed by atoms with E-state index in [9.17, 15) is 4.39 Å². The molecular formula is C4H8BF. The van der Waals surface area contributed by atoms with Crippen molar-refractivity contribution in [3.63, 3.8) is 0 Å². The maximum absolute atomic E-state index is 12.0. The fourth-order valence-electron chi connectivity index (χ4n) is 0. The number of alkyl halides is 1. The average molecular weight is 85.9 g/mol. The SMILES string of the molecule is C=BC(C)(C)F. The van der Waals surface area contributed by atoms with E-state index < -0.39 is 5.57 Å². The molecule has 34 valence electrons.